The van der Waals surface area contributed by atoms with Crippen LogP contribution in [0.5, 0.6) is 0 Å². The highest BCUT2D eigenvalue weighted by Gasteiger charge is 2.45. The van der Waals surface area contributed by atoms with Crippen LogP contribution in [0.15, 0.2) is 12.8 Å². The quantitative estimate of drug-likeness (QED) is 0.516. The first-order chi connectivity index (χ1) is 9.90. The van der Waals surface area contributed by atoms with Crippen molar-refractivity contribution in [2.24, 2.45) is 0 Å². The minimum Gasteiger partial charge on any atom is -0.394 e. The van der Waals surface area contributed by atoms with Crippen LogP contribution in [0.2, 0.25) is 0 Å². The summed E-state index contributed by atoms with van der Waals surface area (Å²) in [4.78, 5) is 8.25. The van der Waals surface area contributed by atoms with Crippen LogP contribution in [-0.2, 0) is 4.74 Å². The number of aliphatic hydroxyl groups excluding tert-OH is 3. The lowest BCUT2D eigenvalue weighted by atomic mass is 10.1. The second-order valence-corrected chi connectivity index (χ2v) is 4.65. The summed E-state index contributed by atoms with van der Waals surface area (Å²) in [7, 11) is 0. The number of nitrogens with two attached hydrogens (primary N) is 1. The minimum absolute atomic E-state index is 0.0592. The van der Waals surface area contributed by atoms with Crippen LogP contribution < -0.4 is 10.6 Å². The second kappa shape index (κ2) is 5.90. The molecule has 1 aliphatic rings. The molecule has 0 saturated carbocycles. The van der Waals surface area contributed by atoms with E-state index in [0.29, 0.717) is 5.56 Å². The molecule has 0 unspecified atom stereocenters. The van der Waals surface area contributed by atoms with E-state index >= 15 is 0 Å². The summed E-state index contributed by atoms with van der Waals surface area (Å²) in [6, 6.07) is 0. The molecule has 0 radical (unpaired) electrons. The molecule has 1 aromatic heterocycles. The summed E-state index contributed by atoms with van der Waals surface area (Å²) < 4.78 is 18.7. The van der Waals surface area contributed by atoms with E-state index in [1.54, 1.807) is 6.92 Å². The summed E-state index contributed by atoms with van der Waals surface area (Å²) in [6.07, 6.45) is -4.44. The highest BCUT2D eigenvalue weighted by molar-refractivity contribution is 5.57. The molecule has 116 valence electrons. The van der Waals surface area contributed by atoms with Gasteiger partial charge in [0.15, 0.2) is 6.23 Å². The van der Waals surface area contributed by atoms with Gasteiger partial charge < -0.3 is 30.7 Å². The number of aromatic nitrogens is 2. The molecule has 1 fully saturated rings. The Morgan fingerprint density at radius 1 is 1.43 bits per heavy atom. The van der Waals surface area contributed by atoms with Crippen molar-refractivity contribution in [1.29, 1.82) is 0 Å². The summed E-state index contributed by atoms with van der Waals surface area (Å²) in [6.45, 7) is 4.66. The largest absolute Gasteiger partial charge is 0.394 e. The molecule has 0 aliphatic carbocycles. The van der Waals surface area contributed by atoms with Crippen molar-refractivity contribution in [2.45, 2.75) is 31.5 Å². The topological polar surface area (TPSA) is 125 Å². The normalized spacial score (nSPS) is 28.6. The Kier molecular flexibility index (Phi) is 4.37. The lowest BCUT2D eigenvalue weighted by Crippen LogP contribution is -2.42. The molecule has 1 aromatic rings. The summed E-state index contributed by atoms with van der Waals surface area (Å²) in [5, 5.41) is 28.9. The van der Waals surface area contributed by atoms with Gasteiger partial charge in [0.2, 0.25) is 0 Å². The second-order valence-electron chi connectivity index (χ2n) is 4.65. The van der Waals surface area contributed by atoms with Gasteiger partial charge in [0.1, 0.15) is 29.9 Å². The lowest BCUT2D eigenvalue weighted by Gasteiger charge is -2.29. The number of hydrogen-bond acceptors (Lipinski definition) is 8. The third-order valence-electron chi connectivity index (χ3n) is 3.36. The molecule has 9 heteroatoms. The molecule has 1 saturated heterocycles. The molecule has 4 atom stereocenters. The Morgan fingerprint density at radius 2 is 2.10 bits per heavy atom. The van der Waals surface area contributed by atoms with Crippen molar-refractivity contribution < 1.29 is 24.4 Å². The van der Waals surface area contributed by atoms with Crippen molar-refractivity contribution in [3.05, 3.63) is 24.4 Å². The summed E-state index contributed by atoms with van der Waals surface area (Å²) in [5.41, 5.74) is 5.95. The average molecular weight is 300 g/mol. The fourth-order valence-electron chi connectivity index (χ4n) is 2.17. The zero-order valence-corrected chi connectivity index (χ0v) is 11.3. The number of rotatable bonds is 4. The van der Waals surface area contributed by atoms with Crippen molar-refractivity contribution in [3.63, 3.8) is 0 Å². The molecule has 21 heavy (non-hydrogen) atoms. The van der Waals surface area contributed by atoms with E-state index in [9.17, 15) is 14.6 Å². The molecule has 2 heterocycles. The van der Waals surface area contributed by atoms with Gasteiger partial charge in [-0.25, -0.2) is 0 Å². The lowest BCUT2D eigenvalue weighted by molar-refractivity contribution is -0.0203. The zero-order chi connectivity index (χ0) is 15.7. The van der Waals surface area contributed by atoms with Crippen LogP contribution in [0.25, 0.3) is 0 Å². The molecular formula is C12H17FN4O4. The highest BCUT2D eigenvalue weighted by atomic mass is 19.1. The minimum atomic E-state index is -1.33. The Hall–Kier alpha value is -1.81. The highest BCUT2D eigenvalue weighted by Crippen LogP contribution is 2.30. The fourth-order valence-corrected chi connectivity index (χ4v) is 2.17. The number of nitrogens with zero attached hydrogens (tertiary/aromatic N) is 3. The van der Waals surface area contributed by atoms with Crippen LogP contribution >= 0.6 is 0 Å². The molecule has 0 bridgehead atoms. The van der Waals surface area contributed by atoms with E-state index in [1.807, 2.05) is 0 Å². The molecule has 5 N–H and O–H groups in total. The first-order valence-electron chi connectivity index (χ1n) is 6.23. The number of ether oxygens (including phenoxy) is 1. The van der Waals surface area contributed by atoms with Crippen molar-refractivity contribution >= 4 is 11.6 Å². The number of anilines is 2. The van der Waals surface area contributed by atoms with E-state index in [0.717, 1.165) is 0 Å². The number of aliphatic hydroxyl groups is 3. The Balaban J connectivity index is 2.39. The maximum atomic E-state index is 13.4. The van der Waals surface area contributed by atoms with E-state index in [4.69, 9.17) is 15.6 Å². The third-order valence-corrected chi connectivity index (χ3v) is 3.36. The predicted molar refractivity (Wildman–Crippen MR) is 71.6 cm³/mol. The van der Waals surface area contributed by atoms with Gasteiger partial charge in [0.05, 0.1) is 6.61 Å². The Bertz CT molecular complexity index is 544. The van der Waals surface area contributed by atoms with Crippen LogP contribution in [0.3, 0.4) is 0 Å². The van der Waals surface area contributed by atoms with Gasteiger partial charge in [-0.1, -0.05) is 6.58 Å². The van der Waals surface area contributed by atoms with Crippen LogP contribution in [-0.4, -0.2) is 56.4 Å². The monoisotopic (exact) mass is 300 g/mol. The third kappa shape index (κ3) is 2.68. The van der Waals surface area contributed by atoms with Crippen molar-refractivity contribution in [3.8, 4) is 0 Å². The number of nitrogen functional groups attached to an aromatic ring is 1. The van der Waals surface area contributed by atoms with Gasteiger partial charge in [-0.15, -0.1) is 0 Å². The van der Waals surface area contributed by atoms with E-state index in [2.05, 4.69) is 16.5 Å². The van der Waals surface area contributed by atoms with Gasteiger partial charge in [-0.3, -0.25) is 0 Å². The van der Waals surface area contributed by atoms with Gasteiger partial charge in [0, 0.05) is 11.8 Å². The molecule has 8 nitrogen and oxygen atoms in total. The van der Waals surface area contributed by atoms with E-state index < -0.39 is 37.2 Å². The maximum absolute atomic E-state index is 13.4. The fraction of sp³-hybridized carbons (Fsp3) is 0.500. The predicted octanol–water partition coefficient (Wildman–Crippen LogP) is -1.10. The van der Waals surface area contributed by atoms with Gasteiger partial charge in [0.25, 0.3) is 0 Å². The van der Waals surface area contributed by atoms with Gasteiger partial charge in [-0.2, -0.15) is 14.4 Å². The molecule has 2 rings (SSSR count). The average Bonchev–Trinajstić information content (AvgIpc) is 2.73. The summed E-state index contributed by atoms with van der Waals surface area (Å²) >= 11 is 0. The SMILES string of the molecule is C=CN(c1nc(F)nc(N)c1C)[C@@H]1O[C@H](CO)[C@@H](O)[C@@H]1O. The van der Waals surface area contributed by atoms with E-state index in [-0.39, 0.29) is 11.6 Å². The Labute approximate surface area is 120 Å². The Morgan fingerprint density at radius 3 is 2.62 bits per heavy atom. The smallest absolute Gasteiger partial charge is 0.312 e. The van der Waals surface area contributed by atoms with Gasteiger partial charge >= 0.3 is 6.08 Å². The first kappa shape index (κ1) is 15.6. The molecule has 0 amide bonds. The maximum Gasteiger partial charge on any atom is 0.312 e. The number of halogens is 1. The van der Waals surface area contributed by atoms with Crippen LogP contribution in [0.1, 0.15) is 5.56 Å². The van der Waals surface area contributed by atoms with Crippen LogP contribution in [0, 0.1) is 13.0 Å². The zero-order valence-electron chi connectivity index (χ0n) is 11.3. The van der Waals surface area contributed by atoms with Crippen LogP contribution in [0.4, 0.5) is 16.0 Å². The molecule has 1 aliphatic heterocycles. The standard InChI is InChI=1S/C12H17FN4O4/c1-3-17(10-5(2)9(14)15-12(13)16-10)11-8(20)7(19)6(4-18)21-11/h3,6-8,11,18-20H,1,4H2,2H3,(H2,14,15,16)/t6-,7-,8+,11-/m1/s1. The van der Waals surface area contributed by atoms with E-state index in [1.165, 1.54) is 11.1 Å². The molecule has 0 spiro atoms. The molecular weight excluding hydrogens is 283 g/mol. The van der Waals surface area contributed by atoms with Gasteiger partial charge in [-0.05, 0) is 6.92 Å². The first-order valence-corrected chi connectivity index (χ1v) is 6.23. The van der Waals surface area contributed by atoms with Crippen molar-refractivity contribution in [1.82, 2.24) is 9.97 Å². The van der Waals surface area contributed by atoms with Crippen molar-refractivity contribution in [2.75, 3.05) is 17.2 Å². The summed E-state index contributed by atoms with van der Waals surface area (Å²) in [5.74, 6) is 0.000864. The molecule has 0 aromatic carbocycles. The number of hydrogen-bond donors (Lipinski definition) is 4.